The number of benzene rings is 12. The van der Waals surface area contributed by atoms with Crippen molar-refractivity contribution in [2.45, 2.75) is 0 Å². The zero-order chi connectivity index (χ0) is 41.4. The van der Waals surface area contributed by atoms with E-state index in [1.165, 1.54) is 130 Å². The summed E-state index contributed by atoms with van der Waals surface area (Å²) in [6.07, 6.45) is 0. The summed E-state index contributed by atoms with van der Waals surface area (Å²) >= 11 is 1.92. The third kappa shape index (κ3) is 5.47. The van der Waals surface area contributed by atoms with Crippen LogP contribution in [0.25, 0.3) is 130 Å². The quantitative estimate of drug-likeness (QED) is 0.152. The van der Waals surface area contributed by atoms with Crippen LogP contribution in [-0.2, 0) is 0 Å². The van der Waals surface area contributed by atoms with Crippen molar-refractivity contribution in [1.82, 2.24) is 0 Å². The molecule has 1 heterocycles. The third-order valence-electron chi connectivity index (χ3n) is 13.3. The van der Waals surface area contributed by atoms with Crippen LogP contribution < -0.4 is 0 Å². The molecule has 0 spiro atoms. The van der Waals surface area contributed by atoms with Crippen LogP contribution in [0.15, 0.2) is 231 Å². The maximum Gasteiger partial charge on any atom is 0.0434 e. The molecule has 13 aromatic rings. The lowest BCUT2D eigenvalue weighted by Gasteiger charge is -2.20. The lowest BCUT2D eigenvalue weighted by atomic mass is 9.83. The van der Waals surface area contributed by atoms with Crippen LogP contribution in [0.3, 0.4) is 0 Å². The molecule has 12 aromatic carbocycles. The number of rotatable bonds is 5. The topological polar surface area (TPSA) is 0 Å². The van der Waals surface area contributed by atoms with Gasteiger partial charge in [0.2, 0.25) is 0 Å². The molecule has 63 heavy (non-hydrogen) atoms. The lowest BCUT2D eigenvalue weighted by Crippen LogP contribution is -1.93. The minimum Gasteiger partial charge on any atom is -0.135 e. The van der Waals surface area contributed by atoms with E-state index < -0.39 is 0 Å². The molecule has 0 fully saturated rings. The smallest absolute Gasteiger partial charge is 0.0434 e. The Morgan fingerprint density at radius 1 is 0.206 bits per heavy atom. The Kier molecular flexibility index (Phi) is 8.19. The number of fused-ring (bicyclic) bond motifs is 8. The third-order valence-corrected chi connectivity index (χ3v) is 14.5. The van der Waals surface area contributed by atoms with Crippen molar-refractivity contribution >= 4 is 85.4 Å². The molecule has 0 saturated carbocycles. The summed E-state index contributed by atoms with van der Waals surface area (Å²) in [5.41, 5.74) is 12.7. The Balaban J connectivity index is 1.09. The summed E-state index contributed by atoms with van der Waals surface area (Å²) in [6.45, 7) is 0. The Bertz CT molecular complexity index is 3840. The Morgan fingerprint density at radius 3 is 1.11 bits per heavy atom. The zero-order valence-corrected chi connectivity index (χ0v) is 35.2. The fraction of sp³-hybridized carbons (Fsp3) is 0. The van der Waals surface area contributed by atoms with Crippen molar-refractivity contribution in [3.63, 3.8) is 0 Å². The molecular formula is C62H38S. The number of hydrogen-bond acceptors (Lipinski definition) is 1. The fourth-order valence-electron chi connectivity index (χ4n) is 10.7. The van der Waals surface area contributed by atoms with E-state index in [4.69, 9.17) is 0 Å². The predicted molar refractivity (Wildman–Crippen MR) is 274 cm³/mol. The first-order valence-corrected chi connectivity index (χ1v) is 22.6. The van der Waals surface area contributed by atoms with E-state index in [0.29, 0.717) is 0 Å². The maximum atomic E-state index is 2.36. The van der Waals surface area contributed by atoms with Gasteiger partial charge in [0.05, 0.1) is 0 Å². The molecule has 0 bridgehead atoms. The van der Waals surface area contributed by atoms with Crippen molar-refractivity contribution < 1.29 is 0 Å². The average Bonchev–Trinajstić information content (AvgIpc) is 3.75. The van der Waals surface area contributed by atoms with Gasteiger partial charge in [0.1, 0.15) is 0 Å². The Labute approximate surface area is 369 Å². The largest absolute Gasteiger partial charge is 0.135 e. The molecule has 1 aromatic heterocycles. The van der Waals surface area contributed by atoms with Gasteiger partial charge in [0, 0.05) is 25.7 Å². The minimum atomic E-state index is 1.23. The van der Waals surface area contributed by atoms with Gasteiger partial charge in [-0.25, -0.2) is 0 Å². The molecule has 1 heteroatoms. The summed E-state index contributed by atoms with van der Waals surface area (Å²) < 4.78 is 2.61. The van der Waals surface area contributed by atoms with E-state index in [2.05, 4.69) is 231 Å². The predicted octanol–water partition coefficient (Wildman–Crippen LogP) is 18.2. The summed E-state index contributed by atoms with van der Waals surface area (Å²) in [5.74, 6) is 0. The average molecular weight is 815 g/mol. The van der Waals surface area contributed by atoms with Gasteiger partial charge in [0.25, 0.3) is 0 Å². The van der Waals surface area contributed by atoms with E-state index in [1.54, 1.807) is 0 Å². The Morgan fingerprint density at radius 2 is 0.571 bits per heavy atom. The molecule has 0 saturated heterocycles. The standard InChI is InChI=1S/C62H38S/c1-3-19-39(20-4-1)41-37-38-52(43-24-8-7-23-42(41)43)58-48-29-13-15-31-50(48)59(51-32-16-14-30-49(51)58)53-33-18-36-56-61(53)55-35-17-34-54(62(55)63-56)60-46-27-11-9-25-44(46)57(40-21-5-2-6-22-40)45-26-10-12-28-47(45)60/h1-38H. The highest BCUT2D eigenvalue weighted by Crippen LogP contribution is 2.52. The molecule has 292 valence electrons. The van der Waals surface area contributed by atoms with Gasteiger partial charge in [-0.3, -0.25) is 0 Å². The van der Waals surface area contributed by atoms with Crippen LogP contribution in [0.2, 0.25) is 0 Å². The first-order valence-electron chi connectivity index (χ1n) is 21.8. The second kappa shape index (κ2) is 14.4. The molecule has 0 nitrogen and oxygen atoms in total. The monoisotopic (exact) mass is 814 g/mol. The molecule has 0 radical (unpaired) electrons. The van der Waals surface area contributed by atoms with Crippen molar-refractivity contribution in [1.29, 1.82) is 0 Å². The van der Waals surface area contributed by atoms with E-state index in [9.17, 15) is 0 Å². The molecule has 0 atom stereocenters. The summed E-state index contributed by atoms with van der Waals surface area (Å²) in [7, 11) is 0. The van der Waals surface area contributed by atoms with Crippen molar-refractivity contribution in [3.8, 4) is 55.6 Å². The van der Waals surface area contributed by atoms with Crippen LogP contribution >= 0.6 is 11.3 Å². The number of thiophene rings is 1. The number of hydrogen-bond donors (Lipinski definition) is 0. The van der Waals surface area contributed by atoms with E-state index in [1.807, 2.05) is 11.3 Å². The van der Waals surface area contributed by atoms with E-state index >= 15 is 0 Å². The molecule has 0 aliphatic heterocycles. The van der Waals surface area contributed by atoms with E-state index in [-0.39, 0.29) is 0 Å². The molecule has 13 rings (SSSR count). The molecular weight excluding hydrogens is 777 g/mol. The SMILES string of the molecule is c1ccc(-c2ccc(-c3c4ccccc4c(-c4cccc5sc6c(-c7c8ccccc8c(-c8ccccc8)c8ccccc78)cccc6c45)c4ccccc34)c3ccccc23)cc1. The first-order chi connectivity index (χ1) is 31.3. The zero-order valence-electron chi connectivity index (χ0n) is 34.3. The Hall–Kier alpha value is -7.84. The van der Waals surface area contributed by atoms with Crippen molar-refractivity contribution in [3.05, 3.63) is 231 Å². The summed E-state index contributed by atoms with van der Waals surface area (Å²) in [6, 6.07) is 85.3. The molecule has 0 aliphatic rings. The minimum absolute atomic E-state index is 1.23. The molecule has 0 amide bonds. The van der Waals surface area contributed by atoms with Crippen molar-refractivity contribution in [2.75, 3.05) is 0 Å². The highest BCUT2D eigenvalue weighted by molar-refractivity contribution is 7.26. The normalized spacial score (nSPS) is 11.8. The van der Waals surface area contributed by atoms with Gasteiger partial charge >= 0.3 is 0 Å². The van der Waals surface area contributed by atoms with Gasteiger partial charge in [-0.2, -0.15) is 0 Å². The second-order valence-corrected chi connectivity index (χ2v) is 17.6. The van der Waals surface area contributed by atoms with Crippen LogP contribution in [0, 0.1) is 0 Å². The summed E-state index contributed by atoms with van der Waals surface area (Å²) in [4.78, 5) is 0. The maximum absolute atomic E-state index is 2.36. The van der Waals surface area contributed by atoms with Crippen LogP contribution in [0.5, 0.6) is 0 Å². The van der Waals surface area contributed by atoms with Gasteiger partial charge in [-0.15, -0.1) is 11.3 Å². The first kappa shape index (κ1) is 35.9. The highest BCUT2D eigenvalue weighted by atomic mass is 32.1. The molecule has 0 aliphatic carbocycles. The van der Waals surface area contributed by atoms with Gasteiger partial charge in [-0.1, -0.05) is 224 Å². The van der Waals surface area contributed by atoms with Gasteiger partial charge in [-0.05, 0) is 110 Å². The van der Waals surface area contributed by atoms with Crippen LogP contribution in [0.4, 0.5) is 0 Å². The van der Waals surface area contributed by atoms with Gasteiger partial charge in [0.15, 0.2) is 0 Å². The van der Waals surface area contributed by atoms with Crippen LogP contribution in [0.1, 0.15) is 0 Å². The summed E-state index contributed by atoms with van der Waals surface area (Å²) in [5, 5.41) is 15.3. The van der Waals surface area contributed by atoms with Gasteiger partial charge < -0.3 is 0 Å². The highest BCUT2D eigenvalue weighted by Gasteiger charge is 2.23. The van der Waals surface area contributed by atoms with Crippen molar-refractivity contribution in [2.24, 2.45) is 0 Å². The fourth-order valence-corrected chi connectivity index (χ4v) is 11.9. The molecule has 0 N–H and O–H groups in total. The lowest BCUT2D eigenvalue weighted by molar-refractivity contribution is 1.64. The van der Waals surface area contributed by atoms with Crippen LogP contribution in [-0.4, -0.2) is 0 Å². The second-order valence-electron chi connectivity index (χ2n) is 16.6. The molecule has 0 unspecified atom stereocenters. The van der Waals surface area contributed by atoms with E-state index in [0.717, 1.165) is 0 Å².